The lowest BCUT2D eigenvalue weighted by molar-refractivity contribution is -0.132. The summed E-state index contributed by atoms with van der Waals surface area (Å²) in [6.45, 7) is 0.428. The molecule has 1 aromatic heterocycles. The van der Waals surface area contributed by atoms with Gasteiger partial charge < -0.3 is 15.2 Å². The Morgan fingerprint density at radius 2 is 1.97 bits per heavy atom. The van der Waals surface area contributed by atoms with Crippen LogP contribution in [0.25, 0.3) is 11.0 Å². The number of hydrogen-bond donors (Lipinski definition) is 2. The predicted octanol–water partition coefficient (Wildman–Crippen LogP) is 1.88. The summed E-state index contributed by atoms with van der Waals surface area (Å²) >= 11 is 0. The van der Waals surface area contributed by atoms with Gasteiger partial charge in [-0.15, -0.1) is 0 Å². The van der Waals surface area contributed by atoms with Gasteiger partial charge in [0.15, 0.2) is 0 Å². The third-order valence-corrected chi connectivity index (χ3v) is 5.93. The standard InChI is InChI=1S/C21H27N5O3/c1-25-17-10-6-5-9-15(17)23-18(25)11-12-22-19(27)13-16-20(28)26(21(29)24-16)14-7-3-2-4-8-14/h5-6,9-10,14,16H,2-4,7-8,11-13H2,1H3,(H,22,27)(H,24,29). The SMILES string of the molecule is Cn1c(CCNC(=O)CC2NC(=O)N(C3CCCCC3)C2=O)nc2ccccc21. The molecule has 154 valence electrons. The van der Waals surface area contributed by atoms with E-state index in [2.05, 4.69) is 15.6 Å². The molecule has 1 saturated carbocycles. The molecule has 8 nitrogen and oxygen atoms in total. The highest BCUT2D eigenvalue weighted by Gasteiger charge is 2.42. The van der Waals surface area contributed by atoms with Gasteiger partial charge in [-0.05, 0) is 25.0 Å². The fourth-order valence-corrected chi connectivity index (χ4v) is 4.36. The number of aromatic nitrogens is 2. The molecule has 2 aliphatic rings. The number of nitrogens with one attached hydrogen (secondary N) is 2. The molecule has 1 saturated heterocycles. The molecule has 1 aliphatic heterocycles. The second-order valence-electron chi connectivity index (χ2n) is 7.88. The van der Waals surface area contributed by atoms with Crippen LogP contribution in [0.3, 0.4) is 0 Å². The first-order valence-corrected chi connectivity index (χ1v) is 10.3. The van der Waals surface area contributed by atoms with Crippen LogP contribution >= 0.6 is 0 Å². The molecule has 2 N–H and O–H groups in total. The molecule has 2 heterocycles. The van der Waals surface area contributed by atoms with Crippen LogP contribution in [0.5, 0.6) is 0 Å². The van der Waals surface area contributed by atoms with Gasteiger partial charge in [0.1, 0.15) is 11.9 Å². The second kappa shape index (κ2) is 8.23. The van der Waals surface area contributed by atoms with Gasteiger partial charge in [-0.1, -0.05) is 31.4 Å². The average molecular weight is 397 g/mol. The largest absolute Gasteiger partial charge is 0.356 e. The minimum Gasteiger partial charge on any atom is -0.356 e. The zero-order valence-corrected chi connectivity index (χ0v) is 16.7. The van der Waals surface area contributed by atoms with Crippen LogP contribution in [0.15, 0.2) is 24.3 Å². The zero-order chi connectivity index (χ0) is 20.4. The molecule has 2 fully saturated rings. The molecule has 1 aromatic carbocycles. The number of rotatable bonds is 6. The maximum absolute atomic E-state index is 12.6. The Balaban J connectivity index is 1.29. The number of carbonyl (C=O) groups is 3. The van der Waals surface area contributed by atoms with E-state index in [0.29, 0.717) is 13.0 Å². The highest BCUT2D eigenvalue weighted by atomic mass is 16.2. The van der Waals surface area contributed by atoms with E-state index < -0.39 is 6.04 Å². The van der Waals surface area contributed by atoms with Crippen LogP contribution in [0.4, 0.5) is 4.79 Å². The Morgan fingerprint density at radius 3 is 2.72 bits per heavy atom. The number of fused-ring (bicyclic) bond motifs is 1. The topological polar surface area (TPSA) is 96.3 Å². The van der Waals surface area contributed by atoms with E-state index in [4.69, 9.17) is 0 Å². The number of hydrogen-bond acceptors (Lipinski definition) is 4. The van der Waals surface area contributed by atoms with Crippen LogP contribution in [0.2, 0.25) is 0 Å². The lowest BCUT2D eigenvalue weighted by Gasteiger charge is -2.28. The summed E-state index contributed by atoms with van der Waals surface area (Å²) < 4.78 is 2.02. The summed E-state index contributed by atoms with van der Waals surface area (Å²) in [5.74, 6) is 0.375. The van der Waals surface area contributed by atoms with Crippen molar-refractivity contribution in [3.63, 3.8) is 0 Å². The fraction of sp³-hybridized carbons (Fsp3) is 0.524. The number of amides is 4. The van der Waals surface area contributed by atoms with Gasteiger partial charge in [0, 0.05) is 26.1 Å². The molecule has 0 radical (unpaired) electrons. The summed E-state index contributed by atoms with van der Waals surface area (Å²) in [5, 5.41) is 5.52. The predicted molar refractivity (Wildman–Crippen MR) is 108 cm³/mol. The quantitative estimate of drug-likeness (QED) is 0.728. The van der Waals surface area contributed by atoms with Crippen molar-refractivity contribution in [2.75, 3.05) is 6.54 Å². The Kier molecular flexibility index (Phi) is 5.51. The van der Waals surface area contributed by atoms with E-state index >= 15 is 0 Å². The van der Waals surface area contributed by atoms with Gasteiger partial charge in [-0.3, -0.25) is 14.5 Å². The summed E-state index contributed by atoms with van der Waals surface area (Å²) in [6.07, 6.45) is 5.50. The second-order valence-corrected chi connectivity index (χ2v) is 7.88. The molecule has 4 rings (SSSR count). The molecule has 8 heteroatoms. The van der Waals surface area contributed by atoms with Crippen molar-refractivity contribution in [1.82, 2.24) is 25.1 Å². The van der Waals surface area contributed by atoms with Crippen molar-refractivity contribution in [2.45, 2.75) is 57.0 Å². The first-order chi connectivity index (χ1) is 14.0. The number of urea groups is 1. The summed E-state index contributed by atoms with van der Waals surface area (Å²) in [5.41, 5.74) is 1.98. The maximum Gasteiger partial charge on any atom is 0.325 e. The van der Waals surface area contributed by atoms with Gasteiger partial charge in [0.2, 0.25) is 5.91 Å². The van der Waals surface area contributed by atoms with Gasteiger partial charge in [-0.25, -0.2) is 9.78 Å². The molecule has 4 amide bonds. The number of imidazole rings is 1. The van der Waals surface area contributed by atoms with Gasteiger partial charge in [0.25, 0.3) is 5.91 Å². The number of aryl methyl sites for hydroxylation is 1. The van der Waals surface area contributed by atoms with Crippen molar-refractivity contribution in [1.29, 1.82) is 0 Å². The van der Waals surface area contributed by atoms with E-state index in [-0.39, 0.29) is 30.3 Å². The molecule has 1 aliphatic carbocycles. The molecule has 29 heavy (non-hydrogen) atoms. The van der Waals surface area contributed by atoms with Crippen LogP contribution in [-0.4, -0.2) is 50.9 Å². The molecule has 1 atom stereocenters. The Morgan fingerprint density at radius 1 is 1.21 bits per heavy atom. The van der Waals surface area contributed by atoms with Crippen molar-refractivity contribution in [3.05, 3.63) is 30.1 Å². The number of imide groups is 1. The third kappa shape index (κ3) is 3.97. The van der Waals surface area contributed by atoms with Crippen molar-refractivity contribution in [2.24, 2.45) is 7.05 Å². The van der Waals surface area contributed by atoms with E-state index in [9.17, 15) is 14.4 Å². The van der Waals surface area contributed by atoms with Crippen LogP contribution in [-0.2, 0) is 23.1 Å². The van der Waals surface area contributed by atoms with E-state index in [0.717, 1.165) is 49.0 Å². The first kappa shape index (κ1) is 19.4. The summed E-state index contributed by atoms with van der Waals surface area (Å²) in [4.78, 5) is 43.1. The number of nitrogens with zero attached hydrogens (tertiary/aromatic N) is 3. The van der Waals surface area contributed by atoms with Crippen LogP contribution in [0.1, 0.15) is 44.3 Å². The van der Waals surface area contributed by atoms with Crippen molar-refractivity contribution in [3.8, 4) is 0 Å². The van der Waals surface area contributed by atoms with Gasteiger partial charge in [0.05, 0.1) is 17.5 Å². The normalized spacial score (nSPS) is 20.3. The monoisotopic (exact) mass is 397 g/mol. The molecule has 0 bridgehead atoms. The van der Waals surface area contributed by atoms with Crippen molar-refractivity contribution >= 4 is 28.9 Å². The Hall–Kier alpha value is -2.90. The fourth-order valence-electron chi connectivity index (χ4n) is 4.36. The summed E-state index contributed by atoms with van der Waals surface area (Å²) in [7, 11) is 1.96. The lowest BCUT2D eigenvalue weighted by atomic mass is 9.94. The first-order valence-electron chi connectivity index (χ1n) is 10.3. The number of para-hydroxylation sites is 2. The summed E-state index contributed by atoms with van der Waals surface area (Å²) in [6, 6.07) is 6.74. The van der Waals surface area contributed by atoms with Crippen LogP contribution in [0, 0.1) is 0 Å². The third-order valence-electron chi connectivity index (χ3n) is 5.93. The molecular formula is C21H27N5O3. The minimum absolute atomic E-state index is 0.0261. The molecule has 0 spiro atoms. The smallest absolute Gasteiger partial charge is 0.325 e. The Labute approximate surface area is 169 Å². The Bertz CT molecular complexity index is 932. The highest BCUT2D eigenvalue weighted by Crippen LogP contribution is 2.25. The van der Waals surface area contributed by atoms with E-state index in [1.807, 2.05) is 35.9 Å². The number of benzene rings is 1. The molecular weight excluding hydrogens is 370 g/mol. The zero-order valence-electron chi connectivity index (χ0n) is 16.7. The van der Waals surface area contributed by atoms with Gasteiger partial charge >= 0.3 is 6.03 Å². The van der Waals surface area contributed by atoms with E-state index in [1.54, 1.807) is 0 Å². The van der Waals surface area contributed by atoms with Gasteiger partial charge in [-0.2, -0.15) is 0 Å². The van der Waals surface area contributed by atoms with Crippen LogP contribution < -0.4 is 10.6 Å². The molecule has 2 aromatic rings. The van der Waals surface area contributed by atoms with Crippen molar-refractivity contribution < 1.29 is 14.4 Å². The highest BCUT2D eigenvalue weighted by molar-refractivity contribution is 6.06. The average Bonchev–Trinajstić information content (AvgIpc) is 3.18. The number of carbonyl (C=O) groups excluding carboxylic acids is 3. The molecule has 1 unspecified atom stereocenters. The maximum atomic E-state index is 12.6. The lowest BCUT2D eigenvalue weighted by Crippen LogP contribution is -2.42. The van der Waals surface area contributed by atoms with E-state index in [1.165, 1.54) is 4.90 Å². The minimum atomic E-state index is -0.764.